The number of likely N-dealkylation sites (tertiary alicyclic amines) is 1. The molecule has 2 heterocycles. The highest BCUT2D eigenvalue weighted by atomic mass is 16.5. The van der Waals surface area contributed by atoms with Gasteiger partial charge in [-0.2, -0.15) is 0 Å². The van der Waals surface area contributed by atoms with Crippen LogP contribution in [0.1, 0.15) is 39.0 Å². The summed E-state index contributed by atoms with van der Waals surface area (Å²) in [7, 11) is 0. The molecule has 0 aromatic heterocycles. The van der Waals surface area contributed by atoms with Crippen LogP contribution in [0.4, 0.5) is 0 Å². The summed E-state index contributed by atoms with van der Waals surface area (Å²) in [6, 6.07) is 2.44. The van der Waals surface area contributed by atoms with E-state index in [0.717, 1.165) is 51.0 Å². The number of nitrogens with zero attached hydrogens (tertiary/aromatic N) is 2. The lowest BCUT2D eigenvalue weighted by Crippen LogP contribution is -2.46. The molecule has 0 aromatic carbocycles. The zero-order valence-electron chi connectivity index (χ0n) is 13.0. The van der Waals surface area contributed by atoms with Crippen LogP contribution in [-0.4, -0.2) is 73.9 Å². The second-order valence-corrected chi connectivity index (χ2v) is 6.65. The molecule has 4 nitrogen and oxygen atoms in total. The van der Waals surface area contributed by atoms with E-state index in [-0.39, 0.29) is 0 Å². The molecule has 0 aromatic rings. The fourth-order valence-electron chi connectivity index (χ4n) is 4.27. The van der Waals surface area contributed by atoms with Gasteiger partial charge < -0.3 is 10.1 Å². The van der Waals surface area contributed by atoms with Crippen molar-refractivity contribution in [2.45, 2.75) is 57.2 Å². The van der Waals surface area contributed by atoms with E-state index in [4.69, 9.17) is 4.74 Å². The highest BCUT2D eigenvalue weighted by Gasteiger charge is 2.33. The molecular weight excluding hydrogens is 250 g/mol. The first-order valence-corrected chi connectivity index (χ1v) is 8.66. The summed E-state index contributed by atoms with van der Waals surface area (Å²) in [5.74, 6) is 0. The predicted octanol–water partition coefficient (Wildman–Crippen LogP) is 1.31. The highest BCUT2D eigenvalue weighted by molar-refractivity contribution is 4.90. The molecule has 2 saturated heterocycles. The summed E-state index contributed by atoms with van der Waals surface area (Å²) in [6.45, 7) is 10.1. The minimum atomic E-state index is 0.786. The van der Waals surface area contributed by atoms with Gasteiger partial charge in [0, 0.05) is 44.3 Å². The van der Waals surface area contributed by atoms with Gasteiger partial charge in [-0.1, -0.05) is 6.92 Å². The van der Waals surface area contributed by atoms with Crippen molar-refractivity contribution in [2.24, 2.45) is 0 Å². The molecule has 1 aliphatic carbocycles. The average molecular weight is 281 g/mol. The zero-order chi connectivity index (χ0) is 13.8. The van der Waals surface area contributed by atoms with Gasteiger partial charge in [0.2, 0.25) is 0 Å². The molecule has 0 spiro atoms. The van der Waals surface area contributed by atoms with Crippen molar-refractivity contribution in [1.82, 2.24) is 15.1 Å². The van der Waals surface area contributed by atoms with Crippen molar-refractivity contribution in [2.75, 3.05) is 45.9 Å². The fraction of sp³-hybridized carbons (Fsp3) is 1.00. The largest absolute Gasteiger partial charge is 0.379 e. The summed E-state index contributed by atoms with van der Waals surface area (Å²) >= 11 is 0. The molecule has 3 fully saturated rings. The SMILES string of the molecule is CCNC1CCC(N2CCC(N3CCOCC3)C2)CC1. The van der Waals surface area contributed by atoms with Crippen LogP contribution in [0.25, 0.3) is 0 Å². The van der Waals surface area contributed by atoms with Gasteiger partial charge in [-0.25, -0.2) is 0 Å². The summed E-state index contributed by atoms with van der Waals surface area (Å²) in [5, 5.41) is 3.62. The van der Waals surface area contributed by atoms with Gasteiger partial charge in [0.05, 0.1) is 13.2 Å². The van der Waals surface area contributed by atoms with Gasteiger partial charge in [-0.15, -0.1) is 0 Å². The second-order valence-electron chi connectivity index (χ2n) is 6.65. The summed E-state index contributed by atoms with van der Waals surface area (Å²) in [6.07, 6.45) is 6.91. The van der Waals surface area contributed by atoms with Crippen molar-refractivity contribution in [1.29, 1.82) is 0 Å². The number of morpholine rings is 1. The van der Waals surface area contributed by atoms with Gasteiger partial charge in [-0.05, 0) is 38.6 Å². The third-order valence-corrected chi connectivity index (χ3v) is 5.46. The first-order chi connectivity index (χ1) is 9.86. The number of nitrogens with one attached hydrogen (secondary N) is 1. The van der Waals surface area contributed by atoms with Gasteiger partial charge in [-0.3, -0.25) is 9.80 Å². The maximum Gasteiger partial charge on any atom is 0.0594 e. The van der Waals surface area contributed by atoms with Crippen LogP contribution < -0.4 is 5.32 Å². The second kappa shape index (κ2) is 7.21. The zero-order valence-corrected chi connectivity index (χ0v) is 13.0. The molecule has 1 atom stereocenters. The van der Waals surface area contributed by atoms with Crippen molar-refractivity contribution in [3.63, 3.8) is 0 Å². The Morgan fingerprint density at radius 1 is 0.900 bits per heavy atom. The first kappa shape index (κ1) is 14.8. The van der Waals surface area contributed by atoms with E-state index in [0.29, 0.717) is 0 Å². The predicted molar refractivity (Wildman–Crippen MR) is 82.1 cm³/mol. The third-order valence-electron chi connectivity index (χ3n) is 5.46. The van der Waals surface area contributed by atoms with Gasteiger partial charge in [0.1, 0.15) is 0 Å². The van der Waals surface area contributed by atoms with Gasteiger partial charge >= 0.3 is 0 Å². The molecule has 1 N–H and O–H groups in total. The molecule has 1 unspecified atom stereocenters. The summed E-state index contributed by atoms with van der Waals surface area (Å²) < 4.78 is 5.47. The maximum atomic E-state index is 5.47. The van der Waals surface area contributed by atoms with E-state index in [2.05, 4.69) is 22.0 Å². The molecule has 0 radical (unpaired) electrons. The quantitative estimate of drug-likeness (QED) is 0.841. The van der Waals surface area contributed by atoms with Crippen LogP contribution in [0.3, 0.4) is 0 Å². The molecule has 3 aliphatic rings. The van der Waals surface area contributed by atoms with E-state index in [1.807, 2.05) is 0 Å². The smallest absolute Gasteiger partial charge is 0.0594 e. The standard InChI is InChI=1S/C16H31N3O/c1-2-17-14-3-5-15(6-4-14)19-8-7-16(13-19)18-9-11-20-12-10-18/h14-17H,2-13H2,1H3. The lowest BCUT2D eigenvalue weighted by molar-refractivity contribution is 0.0170. The van der Waals surface area contributed by atoms with Crippen molar-refractivity contribution < 1.29 is 4.74 Å². The molecule has 2 aliphatic heterocycles. The van der Waals surface area contributed by atoms with Crippen LogP contribution in [0.5, 0.6) is 0 Å². The van der Waals surface area contributed by atoms with E-state index >= 15 is 0 Å². The van der Waals surface area contributed by atoms with Crippen molar-refractivity contribution in [3.8, 4) is 0 Å². The average Bonchev–Trinajstić information content (AvgIpc) is 2.99. The summed E-state index contributed by atoms with van der Waals surface area (Å²) in [4.78, 5) is 5.44. The minimum absolute atomic E-state index is 0.786. The molecular formula is C16H31N3O. The lowest BCUT2D eigenvalue weighted by atomic mass is 9.90. The van der Waals surface area contributed by atoms with Crippen LogP contribution in [0.15, 0.2) is 0 Å². The Morgan fingerprint density at radius 2 is 1.65 bits per heavy atom. The Morgan fingerprint density at radius 3 is 2.35 bits per heavy atom. The number of rotatable bonds is 4. The normalized spacial score (nSPS) is 37.4. The minimum Gasteiger partial charge on any atom is -0.379 e. The van der Waals surface area contributed by atoms with E-state index in [1.54, 1.807) is 0 Å². The Labute approximate surface area is 123 Å². The van der Waals surface area contributed by atoms with Crippen LogP contribution in [0.2, 0.25) is 0 Å². The maximum absolute atomic E-state index is 5.47. The molecule has 3 rings (SSSR count). The molecule has 1 saturated carbocycles. The molecule has 0 amide bonds. The Hall–Kier alpha value is -0.160. The van der Waals surface area contributed by atoms with E-state index in [9.17, 15) is 0 Å². The fourth-order valence-corrected chi connectivity index (χ4v) is 4.27. The van der Waals surface area contributed by atoms with E-state index < -0.39 is 0 Å². The Kier molecular flexibility index (Phi) is 5.32. The lowest BCUT2D eigenvalue weighted by Gasteiger charge is -2.36. The monoisotopic (exact) mass is 281 g/mol. The van der Waals surface area contributed by atoms with Crippen LogP contribution in [0, 0.1) is 0 Å². The molecule has 116 valence electrons. The Balaban J connectivity index is 1.43. The number of ether oxygens (including phenoxy) is 1. The van der Waals surface area contributed by atoms with Crippen LogP contribution >= 0.6 is 0 Å². The number of hydrogen-bond acceptors (Lipinski definition) is 4. The molecule has 4 heteroatoms. The van der Waals surface area contributed by atoms with Gasteiger partial charge in [0.15, 0.2) is 0 Å². The molecule has 0 bridgehead atoms. The van der Waals surface area contributed by atoms with Crippen molar-refractivity contribution >= 4 is 0 Å². The highest BCUT2D eigenvalue weighted by Crippen LogP contribution is 2.27. The topological polar surface area (TPSA) is 27.7 Å². The van der Waals surface area contributed by atoms with E-state index in [1.165, 1.54) is 45.2 Å². The molecule has 20 heavy (non-hydrogen) atoms. The third kappa shape index (κ3) is 3.53. The Bertz CT molecular complexity index is 285. The van der Waals surface area contributed by atoms with Gasteiger partial charge in [0.25, 0.3) is 0 Å². The summed E-state index contributed by atoms with van der Waals surface area (Å²) in [5.41, 5.74) is 0. The van der Waals surface area contributed by atoms with Crippen LogP contribution in [-0.2, 0) is 4.74 Å². The number of hydrogen-bond donors (Lipinski definition) is 1. The van der Waals surface area contributed by atoms with Crippen molar-refractivity contribution in [3.05, 3.63) is 0 Å². The first-order valence-electron chi connectivity index (χ1n) is 8.66.